The summed E-state index contributed by atoms with van der Waals surface area (Å²) in [7, 11) is 0. The van der Waals surface area contributed by atoms with Gasteiger partial charge in [0, 0.05) is 18.7 Å². The van der Waals surface area contributed by atoms with Gasteiger partial charge in [-0.3, -0.25) is 14.4 Å². The lowest BCUT2D eigenvalue weighted by Gasteiger charge is -2.35. The third-order valence-corrected chi connectivity index (χ3v) is 5.50. The molecule has 10 nitrogen and oxygen atoms in total. The molecule has 10 heteroatoms. The largest absolute Gasteiger partial charge is 0.508 e. The third kappa shape index (κ3) is 9.39. The molecule has 0 saturated carbocycles. The Balaban J connectivity index is 3.31. The number of hydrogen-bond acceptors (Lipinski definition) is 7. The summed E-state index contributed by atoms with van der Waals surface area (Å²) in [6.07, 6.45) is -0.199. The Morgan fingerprint density at radius 2 is 1.72 bits per heavy atom. The molecule has 0 aliphatic heterocycles. The highest BCUT2D eigenvalue weighted by Gasteiger charge is 2.38. The summed E-state index contributed by atoms with van der Waals surface area (Å²) in [4.78, 5) is 52.6. The molecular weight excluding hydrogens is 466 g/mol. The number of carbonyl (C=O) groups excluding carboxylic acids is 4. The van der Waals surface area contributed by atoms with E-state index in [1.807, 2.05) is 13.8 Å². The summed E-state index contributed by atoms with van der Waals surface area (Å²) in [5.74, 6) is -1.95. The topological polar surface area (TPSA) is 134 Å². The highest BCUT2D eigenvalue weighted by atomic mass is 16.6. The van der Waals surface area contributed by atoms with E-state index in [9.17, 15) is 24.3 Å². The van der Waals surface area contributed by atoms with Crippen LogP contribution in [0.3, 0.4) is 0 Å². The molecule has 3 atom stereocenters. The summed E-state index contributed by atoms with van der Waals surface area (Å²) in [6.45, 7) is 12.6. The lowest BCUT2D eigenvalue weighted by Crippen LogP contribution is -2.55. The fourth-order valence-electron chi connectivity index (χ4n) is 3.55. The van der Waals surface area contributed by atoms with Crippen LogP contribution in [0.5, 0.6) is 5.75 Å². The number of alkyl carbamates (subject to hydrolysis) is 1. The Bertz CT molecular complexity index is 898. The van der Waals surface area contributed by atoms with Gasteiger partial charge in [-0.05, 0) is 46.6 Å². The smallest absolute Gasteiger partial charge is 0.408 e. The fraction of sp³-hybridized carbons (Fsp3) is 0.615. The molecule has 3 N–H and O–H groups in total. The number of nitrogens with zero attached hydrogens (tertiary/aromatic N) is 1. The van der Waals surface area contributed by atoms with E-state index in [-0.39, 0.29) is 43.3 Å². The van der Waals surface area contributed by atoms with E-state index in [2.05, 4.69) is 10.6 Å². The van der Waals surface area contributed by atoms with Crippen molar-refractivity contribution in [3.63, 3.8) is 0 Å². The Hall–Kier alpha value is -3.30. The van der Waals surface area contributed by atoms with Crippen LogP contribution >= 0.6 is 0 Å². The summed E-state index contributed by atoms with van der Waals surface area (Å²) >= 11 is 0. The highest BCUT2D eigenvalue weighted by Crippen LogP contribution is 2.30. The number of nitrogens with one attached hydrogen (secondary N) is 2. The van der Waals surface area contributed by atoms with Gasteiger partial charge < -0.3 is 30.1 Å². The molecule has 0 fully saturated rings. The van der Waals surface area contributed by atoms with E-state index >= 15 is 0 Å². The second-order valence-corrected chi connectivity index (χ2v) is 9.44. The molecular formula is C26H41N3O7. The molecule has 36 heavy (non-hydrogen) atoms. The lowest BCUT2D eigenvalue weighted by atomic mass is 9.95. The van der Waals surface area contributed by atoms with E-state index in [1.165, 1.54) is 11.0 Å². The number of benzene rings is 1. The van der Waals surface area contributed by atoms with E-state index in [1.54, 1.807) is 52.8 Å². The first kappa shape index (κ1) is 30.7. The van der Waals surface area contributed by atoms with E-state index in [4.69, 9.17) is 9.47 Å². The van der Waals surface area contributed by atoms with Crippen LogP contribution in [0.25, 0.3) is 0 Å². The van der Waals surface area contributed by atoms with Gasteiger partial charge in [-0.1, -0.05) is 38.5 Å². The molecule has 0 aliphatic rings. The first-order valence-corrected chi connectivity index (χ1v) is 12.4. The number of amides is 3. The summed E-state index contributed by atoms with van der Waals surface area (Å²) < 4.78 is 10.2. The Kier molecular flexibility index (Phi) is 12.2. The molecule has 1 aromatic carbocycles. The van der Waals surface area contributed by atoms with Gasteiger partial charge in [0.05, 0.1) is 13.0 Å². The van der Waals surface area contributed by atoms with Gasteiger partial charge in [0.15, 0.2) is 0 Å². The minimum atomic E-state index is -1.20. The van der Waals surface area contributed by atoms with Crippen LogP contribution in [0.4, 0.5) is 4.79 Å². The van der Waals surface area contributed by atoms with Gasteiger partial charge >= 0.3 is 12.1 Å². The quantitative estimate of drug-likeness (QED) is 0.370. The molecule has 202 valence electrons. The average molecular weight is 508 g/mol. The van der Waals surface area contributed by atoms with Crippen molar-refractivity contribution >= 4 is 23.9 Å². The number of likely N-dealkylation sites (N-methyl/N-ethyl adjacent to an activating group) is 1. The van der Waals surface area contributed by atoms with Crippen molar-refractivity contribution in [2.75, 3.05) is 19.7 Å². The molecule has 0 aliphatic carbocycles. The van der Waals surface area contributed by atoms with E-state index in [0.717, 1.165) is 0 Å². The third-order valence-electron chi connectivity index (χ3n) is 5.50. The number of ether oxygens (including phenoxy) is 2. The molecule has 1 aromatic rings. The monoisotopic (exact) mass is 507 g/mol. The van der Waals surface area contributed by atoms with Gasteiger partial charge in [-0.2, -0.15) is 0 Å². The minimum absolute atomic E-state index is 0.00153. The normalized spacial score (nSPS) is 13.6. The van der Waals surface area contributed by atoms with Crippen LogP contribution in [0.1, 0.15) is 72.9 Å². The predicted molar refractivity (Wildman–Crippen MR) is 135 cm³/mol. The number of para-hydroxylation sites is 1. The molecule has 0 bridgehead atoms. The first-order chi connectivity index (χ1) is 16.9. The van der Waals surface area contributed by atoms with Crippen molar-refractivity contribution in [1.82, 2.24) is 15.5 Å². The second-order valence-electron chi connectivity index (χ2n) is 9.44. The van der Waals surface area contributed by atoms with Gasteiger partial charge in [-0.25, -0.2) is 4.79 Å². The van der Waals surface area contributed by atoms with Crippen molar-refractivity contribution in [3.8, 4) is 5.75 Å². The maximum Gasteiger partial charge on any atom is 0.408 e. The molecule has 0 radical (unpaired) electrons. The standard InChI is InChI=1S/C26H41N3O7/c1-8-17(4)21(28-25(34)36-26(5,6)7)24(33)29(9-2)22(18-13-11-12-14-19(18)30)23(32)27-16-15-20(31)35-10-3/h11-14,17,21-22,30H,8-10,15-16H2,1-7H3,(H,27,32)(H,28,34). The molecule has 0 aromatic heterocycles. The minimum Gasteiger partial charge on any atom is -0.508 e. The van der Waals surface area contributed by atoms with Gasteiger partial charge in [-0.15, -0.1) is 0 Å². The van der Waals surface area contributed by atoms with Crippen molar-refractivity contribution in [1.29, 1.82) is 0 Å². The number of hydrogen-bond donors (Lipinski definition) is 3. The zero-order chi connectivity index (χ0) is 27.5. The second kappa shape index (κ2) is 14.3. The number of rotatable bonds is 12. The van der Waals surface area contributed by atoms with Crippen LogP contribution in [0, 0.1) is 5.92 Å². The maximum absolute atomic E-state index is 13.8. The molecule has 0 heterocycles. The number of aromatic hydroxyl groups is 1. The molecule has 0 saturated heterocycles. The van der Waals surface area contributed by atoms with Gasteiger partial charge in [0.25, 0.3) is 0 Å². The van der Waals surface area contributed by atoms with E-state index < -0.39 is 41.6 Å². The number of phenolic OH excluding ortho intramolecular Hbond substituents is 1. The Morgan fingerprint density at radius 1 is 1.08 bits per heavy atom. The highest BCUT2D eigenvalue weighted by molar-refractivity contribution is 5.92. The molecule has 1 rings (SSSR count). The molecule has 3 unspecified atom stereocenters. The zero-order valence-corrected chi connectivity index (χ0v) is 22.4. The molecule has 0 spiro atoms. The van der Waals surface area contributed by atoms with Crippen LogP contribution in [0.15, 0.2) is 24.3 Å². The van der Waals surface area contributed by atoms with E-state index in [0.29, 0.717) is 6.42 Å². The maximum atomic E-state index is 13.8. The van der Waals surface area contributed by atoms with Crippen LogP contribution in [-0.2, 0) is 23.9 Å². The van der Waals surface area contributed by atoms with Crippen LogP contribution in [-0.4, -0.2) is 65.2 Å². The summed E-state index contributed by atoms with van der Waals surface area (Å²) in [5, 5.41) is 15.9. The van der Waals surface area contributed by atoms with Crippen molar-refractivity contribution < 1.29 is 33.8 Å². The van der Waals surface area contributed by atoms with Crippen molar-refractivity contribution in [3.05, 3.63) is 29.8 Å². The predicted octanol–water partition coefficient (Wildman–Crippen LogP) is 3.29. The van der Waals surface area contributed by atoms with Crippen molar-refractivity contribution in [2.24, 2.45) is 5.92 Å². The zero-order valence-electron chi connectivity index (χ0n) is 22.4. The van der Waals surface area contributed by atoms with Crippen LogP contribution < -0.4 is 10.6 Å². The lowest BCUT2D eigenvalue weighted by molar-refractivity contribution is -0.144. The summed E-state index contributed by atoms with van der Waals surface area (Å²) in [6, 6.07) is 4.08. The van der Waals surface area contributed by atoms with Crippen LogP contribution in [0.2, 0.25) is 0 Å². The first-order valence-electron chi connectivity index (χ1n) is 12.4. The SMILES string of the molecule is CCOC(=O)CCNC(=O)C(c1ccccc1O)N(CC)C(=O)C(NC(=O)OC(C)(C)C)C(C)CC. The number of carbonyl (C=O) groups is 4. The fourth-order valence-corrected chi connectivity index (χ4v) is 3.55. The molecule has 3 amide bonds. The van der Waals surface area contributed by atoms with Gasteiger partial charge in [0.1, 0.15) is 23.4 Å². The average Bonchev–Trinajstić information content (AvgIpc) is 2.79. The Morgan fingerprint density at radius 3 is 2.25 bits per heavy atom. The van der Waals surface area contributed by atoms with Gasteiger partial charge in [0.2, 0.25) is 11.8 Å². The summed E-state index contributed by atoms with van der Waals surface area (Å²) in [5.41, 5.74) is -0.532. The Labute approximate surface area is 213 Å². The number of phenols is 1. The number of esters is 1. The van der Waals surface area contributed by atoms with Crippen molar-refractivity contribution in [2.45, 2.75) is 79.0 Å².